The van der Waals surface area contributed by atoms with E-state index in [2.05, 4.69) is 43.1 Å². The van der Waals surface area contributed by atoms with Crippen molar-refractivity contribution in [3.63, 3.8) is 0 Å². The Kier molecular flexibility index (Phi) is 6.33. The number of nitrogens with zero attached hydrogens (tertiary/aromatic N) is 2. The summed E-state index contributed by atoms with van der Waals surface area (Å²) in [5.41, 5.74) is 1.14. The zero-order valence-electron chi connectivity index (χ0n) is 20.2. The molecule has 0 radical (unpaired) electrons. The summed E-state index contributed by atoms with van der Waals surface area (Å²) in [4.78, 5) is 31.6. The average Bonchev–Trinajstić information content (AvgIpc) is 3.33. The Morgan fingerprint density at radius 2 is 1.39 bits per heavy atom. The van der Waals surface area contributed by atoms with Crippen molar-refractivity contribution in [1.29, 1.82) is 0 Å². The molecule has 7 heteroatoms. The van der Waals surface area contributed by atoms with E-state index in [9.17, 15) is 9.59 Å². The molecular formula is C29H27N2O3PS. The number of benzene rings is 3. The summed E-state index contributed by atoms with van der Waals surface area (Å²) in [6, 6.07) is 32.8. The molecule has 0 atom stereocenters. The Bertz CT molecular complexity index is 1480. The molecule has 36 heavy (non-hydrogen) atoms. The van der Waals surface area contributed by atoms with Gasteiger partial charge in [0, 0.05) is 0 Å². The molecule has 0 fully saturated rings. The number of esters is 1. The average molecular weight is 515 g/mol. The van der Waals surface area contributed by atoms with Crippen molar-refractivity contribution in [2.45, 2.75) is 13.3 Å². The fourth-order valence-corrected chi connectivity index (χ4v) is 11.2. The van der Waals surface area contributed by atoms with Crippen LogP contribution in [0.3, 0.4) is 0 Å². The molecule has 3 aromatic carbocycles. The van der Waals surface area contributed by atoms with E-state index in [0.717, 1.165) is 21.3 Å². The predicted molar refractivity (Wildman–Crippen MR) is 150 cm³/mol. The minimum atomic E-state index is -3.42. The molecular weight excluding hydrogens is 487 g/mol. The maximum absolute atomic E-state index is 13.7. The van der Waals surface area contributed by atoms with Crippen molar-refractivity contribution in [1.82, 2.24) is 9.38 Å². The van der Waals surface area contributed by atoms with E-state index >= 15 is 0 Å². The Balaban J connectivity index is 1.87. The normalized spacial score (nSPS) is 12.7. The summed E-state index contributed by atoms with van der Waals surface area (Å²) < 4.78 is 6.64. The number of aromatic nitrogens is 2. The van der Waals surface area contributed by atoms with Gasteiger partial charge in [-0.2, -0.15) is 0 Å². The number of hydrogen-bond acceptors (Lipinski definition) is 5. The quantitative estimate of drug-likeness (QED) is 0.246. The van der Waals surface area contributed by atoms with Crippen LogP contribution in [-0.2, 0) is 16.0 Å². The van der Waals surface area contributed by atoms with E-state index in [1.165, 1.54) is 15.7 Å². The monoisotopic (exact) mass is 514 g/mol. The molecule has 5 aromatic rings. The number of fused-ring (bicyclic) bond motifs is 1. The molecule has 0 unspecified atom stereocenters. The third-order valence-corrected chi connectivity index (χ3v) is 13.9. The first-order valence-electron chi connectivity index (χ1n) is 11.8. The number of ether oxygens (including phenoxy) is 1. The van der Waals surface area contributed by atoms with E-state index in [1.807, 2.05) is 60.0 Å². The van der Waals surface area contributed by atoms with Crippen LogP contribution in [0.1, 0.15) is 12.6 Å². The van der Waals surface area contributed by atoms with Gasteiger partial charge in [-0.25, -0.2) is 0 Å². The van der Waals surface area contributed by atoms with Gasteiger partial charge in [0.25, 0.3) is 0 Å². The predicted octanol–water partition coefficient (Wildman–Crippen LogP) is 3.65. The van der Waals surface area contributed by atoms with Crippen LogP contribution < -0.4 is 26.9 Å². The van der Waals surface area contributed by atoms with Crippen molar-refractivity contribution in [2.24, 2.45) is 0 Å². The summed E-state index contributed by atoms with van der Waals surface area (Å²) in [5, 5.41) is 5.20. The SMILES string of the molecule is CCOC(=O)Cc1csc2nc(P(C)(c3ccccc3)(c3ccccc3)c3ccccc3)cc(=O)n12. The molecule has 182 valence electrons. The molecule has 0 saturated carbocycles. The third kappa shape index (κ3) is 3.69. The van der Waals surface area contributed by atoms with Gasteiger partial charge in [0.2, 0.25) is 0 Å². The van der Waals surface area contributed by atoms with E-state index in [4.69, 9.17) is 9.72 Å². The zero-order valence-corrected chi connectivity index (χ0v) is 21.9. The van der Waals surface area contributed by atoms with Gasteiger partial charge in [0.15, 0.2) is 0 Å². The molecule has 0 aliphatic rings. The van der Waals surface area contributed by atoms with Gasteiger partial charge in [0.05, 0.1) is 0 Å². The Morgan fingerprint density at radius 1 is 0.889 bits per heavy atom. The summed E-state index contributed by atoms with van der Waals surface area (Å²) in [6.45, 7) is 0.923. The first-order chi connectivity index (χ1) is 17.5. The van der Waals surface area contributed by atoms with Gasteiger partial charge in [-0.05, 0) is 0 Å². The van der Waals surface area contributed by atoms with Crippen LogP contribution in [0.5, 0.6) is 0 Å². The molecule has 0 saturated heterocycles. The zero-order chi connectivity index (χ0) is 25.2. The standard InChI is InChI=1S/C29H27N2O3PS/c1-3-34-28(33)19-22-21-36-29-30-26(20-27(32)31(22)29)35(2,23-13-7-4-8-14-23,24-15-9-5-10-16-24)25-17-11-6-12-18-25/h4-18,20-21H,3,19H2,1-2H3. The summed E-state index contributed by atoms with van der Waals surface area (Å²) in [5.74, 6) is -0.360. The molecule has 0 aliphatic carbocycles. The molecule has 0 N–H and O–H groups in total. The van der Waals surface area contributed by atoms with Gasteiger partial charge in [-0.3, -0.25) is 0 Å². The van der Waals surface area contributed by atoms with Crippen molar-refractivity contribution in [3.05, 3.63) is 118 Å². The van der Waals surface area contributed by atoms with Crippen molar-refractivity contribution >= 4 is 50.2 Å². The molecule has 2 heterocycles. The van der Waals surface area contributed by atoms with Gasteiger partial charge in [0.1, 0.15) is 0 Å². The molecule has 0 bridgehead atoms. The van der Waals surface area contributed by atoms with Gasteiger partial charge >= 0.3 is 214 Å². The number of rotatable bonds is 7. The van der Waals surface area contributed by atoms with Gasteiger partial charge in [-0.1, -0.05) is 0 Å². The van der Waals surface area contributed by atoms with Crippen LogP contribution in [-0.4, -0.2) is 28.6 Å². The Hall–Kier alpha value is -3.60. The number of carbonyl (C=O) groups excluding carboxylic acids is 1. The van der Waals surface area contributed by atoms with Gasteiger partial charge < -0.3 is 0 Å². The maximum atomic E-state index is 13.7. The first-order valence-corrected chi connectivity index (χ1v) is 15.4. The fourth-order valence-electron chi connectivity index (χ4n) is 4.98. The van der Waals surface area contributed by atoms with Crippen LogP contribution in [0.4, 0.5) is 0 Å². The summed E-state index contributed by atoms with van der Waals surface area (Å²) in [6.07, 6.45) is 0.0283. The van der Waals surface area contributed by atoms with E-state index < -0.39 is 6.60 Å². The Morgan fingerprint density at radius 3 is 1.86 bits per heavy atom. The van der Waals surface area contributed by atoms with Crippen molar-refractivity contribution in [3.8, 4) is 0 Å². The number of carbonyl (C=O) groups is 1. The van der Waals surface area contributed by atoms with Crippen LogP contribution in [0.25, 0.3) is 4.96 Å². The van der Waals surface area contributed by atoms with Gasteiger partial charge in [-0.15, -0.1) is 0 Å². The van der Waals surface area contributed by atoms with Crippen LogP contribution in [0.15, 0.2) is 107 Å². The van der Waals surface area contributed by atoms with Crippen molar-refractivity contribution < 1.29 is 9.53 Å². The number of hydrogen-bond donors (Lipinski definition) is 0. The van der Waals surface area contributed by atoms with E-state index in [0.29, 0.717) is 17.3 Å². The van der Waals surface area contributed by atoms with Crippen LogP contribution in [0.2, 0.25) is 0 Å². The summed E-state index contributed by atoms with van der Waals surface area (Å²) >= 11 is 1.37. The first kappa shape index (κ1) is 24.1. The Labute approximate surface area is 214 Å². The van der Waals surface area contributed by atoms with E-state index in [1.54, 1.807) is 13.0 Å². The molecule has 0 spiro atoms. The molecule has 5 nitrogen and oxygen atoms in total. The molecule has 0 amide bonds. The van der Waals surface area contributed by atoms with E-state index in [-0.39, 0.29) is 17.9 Å². The van der Waals surface area contributed by atoms with Crippen molar-refractivity contribution in [2.75, 3.05) is 13.3 Å². The second-order valence-corrected chi connectivity index (χ2v) is 14.8. The summed E-state index contributed by atoms with van der Waals surface area (Å²) in [7, 11) is 0. The minimum absolute atomic E-state index is 0.0283. The second kappa shape index (κ2) is 9.45. The fraction of sp³-hybridized carbons (Fsp3) is 0.138. The molecule has 0 aliphatic heterocycles. The molecule has 5 rings (SSSR count). The number of thiazole rings is 1. The van der Waals surface area contributed by atoms with Crippen LogP contribution in [0, 0.1) is 0 Å². The topological polar surface area (TPSA) is 60.7 Å². The third-order valence-electron chi connectivity index (χ3n) is 6.87. The molecule has 2 aromatic heterocycles. The second-order valence-electron chi connectivity index (χ2n) is 8.85. The van der Waals surface area contributed by atoms with Crippen LogP contribution >= 0.6 is 17.9 Å².